The van der Waals surface area contributed by atoms with E-state index in [9.17, 15) is 14.4 Å². The number of hydrogen-bond donors (Lipinski definition) is 1. The predicted octanol–water partition coefficient (Wildman–Crippen LogP) is 3.45. The summed E-state index contributed by atoms with van der Waals surface area (Å²) in [6.07, 6.45) is 0.0351. The summed E-state index contributed by atoms with van der Waals surface area (Å²) in [5.41, 5.74) is 1.18. The van der Waals surface area contributed by atoms with Crippen LogP contribution in [0.3, 0.4) is 0 Å². The zero-order chi connectivity index (χ0) is 20.5. The van der Waals surface area contributed by atoms with Crippen LogP contribution >= 0.6 is 0 Å². The first-order chi connectivity index (χ1) is 13.4. The van der Waals surface area contributed by atoms with E-state index in [2.05, 4.69) is 5.32 Å². The van der Waals surface area contributed by atoms with Crippen molar-refractivity contribution in [2.45, 2.75) is 26.9 Å². The van der Waals surface area contributed by atoms with Crippen LogP contribution in [-0.2, 0) is 14.3 Å². The van der Waals surface area contributed by atoms with E-state index in [1.165, 1.54) is 0 Å². The third-order valence-electron chi connectivity index (χ3n) is 3.48. The van der Waals surface area contributed by atoms with Crippen LogP contribution in [0.25, 0.3) is 0 Å². The number of rotatable bonds is 8. The van der Waals surface area contributed by atoms with Crippen LogP contribution < -0.4 is 10.1 Å². The van der Waals surface area contributed by atoms with Crippen LogP contribution in [0.1, 0.15) is 41.5 Å². The van der Waals surface area contributed by atoms with Gasteiger partial charge in [-0.25, -0.2) is 9.59 Å². The molecule has 148 valence electrons. The molecule has 2 aromatic rings. The lowest BCUT2D eigenvalue weighted by molar-refractivity contribution is -0.119. The van der Waals surface area contributed by atoms with Gasteiger partial charge in [-0.15, -0.1) is 0 Å². The number of carbonyl (C=O) groups excluding carboxylic acids is 3. The molecule has 0 aliphatic carbocycles. The lowest BCUT2D eigenvalue weighted by atomic mass is 10.2. The Bertz CT molecular complexity index is 812. The maximum Gasteiger partial charge on any atom is 0.338 e. The second-order valence-corrected chi connectivity index (χ2v) is 6.11. The van der Waals surface area contributed by atoms with E-state index >= 15 is 0 Å². The summed E-state index contributed by atoms with van der Waals surface area (Å²) >= 11 is 0. The number of ether oxygens (including phenoxy) is 3. The first-order valence-electron chi connectivity index (χ1n) is 8.90. The molecule has 0 aromatic heterocycles. The topological polar surface area (TPSA) is 90.9 Å². The van der Waals surface area contributed by atoms with E-state index < -0.39 is 24.5 Å². The van der Waals surface area contributed by atoms with Crippen molar-refractivity contribution in [3.05, 3.63) is 59.7 Å². The van der Waals surface area contributed by atoms with Crippen molar-refractivity contribution in [3.63, 3.8) is 0 Å². The van der Waals surface area contributed by atoms with Gasteiger partial charge < -0.3 is 19.5 Å². The molecule has 0 atom stereocenters. The molecule has 0 bridgehead atoms. The fourth-order valence-corrected chi connectivity index (χ4v) is 2.26. The van der Waals surface area contributed by atoms with Crippen molar-refractivity contribution in [2.75, 3.05) is 18.5 Å². The van der Waals surface area contributed by atoms with Gasteiger partial charge in [0.25, 0.3) is 5.91 Å². The van der Waals surface area contributed by atoms with Crippen LogP contribution in [0.2, 0.25) is 0 Å². The Kier molecular flexibility index (Phi) is 7.56. The standard InChI is InChI=1S/C21H23NO6/c1-4-26-20(24)15-5-9-17(10-6-15)22-19(23)13-27-21(25)16-7-11-18(12-8-16)28-14(2)3/h5-12,14H,4,13H2,1-3H3,(H,22,23). The van der Waals surface area contributed by atoms with Gasteiger partial charge in [-0.3, -0.25) is 4.79 Å². The molecule has 0 fully saturated rings. The third kappa shape index (κ3) is 6.42. The molecule has 0 spiro atoms. The molecule has 0 heterocycles. The molecule has 7 heteroatoms. The number of benzene rings is 2. The number of hydrogen-bond acceptors (Lipinski definition) is 6. The highest BCUT2D eigenvalue weighted by Gasteiger charge is 2.12. The highest BCUT2D eigenvalue weighted by Crippen LogP contribution is 2.15. The molecule has 0 aliphatic rings. The van der Waals surface area contributed by atoms with Crippen LogP contribution in [0, 0.1) is 0 Å². The molecule has 0 unspecified atom stereocenters. The first-order valence-corrected chi connectivity index (χ1v) is 8.90. The quantitative estimate of drug-likeness (QED) is 0.700. The van der Waals surface area contributed by atoms with Crippen molar-refractivity contribution >= 4 is 23.5 Å². The monoisotopic (exact) mass is 385 g/mol. The number of amides is 1. The van der Waals surface area contributed by atoms with Crippen molar-refractivity contribution in [3.8, 4) is 5.75 Å². The van der Waals surface area contributed by atoms with Gasteiger partial charge in [-0.1, -0.05) is 0 Å². The van der Waals surface area contributed by atoms with Crippen molar-refractivity contribution in [1.82, 2.24) is 0 Å². The van der Waals surface area contributed by atoms with Crippen molar-refractivity contribution in [2.24, 2.45) is 0 Å². The van der Waals surface area contributed by atoms with Crippen LogP contribution in [0.5, 0.6) is 5.75 Å². The van der Waals surface area contributed by atoms with Gasteiger partial charge >= 0.3 is 11.9 Å². The smallest absolute Gasteiger partial charge is 0.338 e. The summed E-state index contributed by atoms with van der Waals surface area (Å²) in [5.74, 6) is -0.879. The fourth-order valence-electron chi connectivity index (χ4n) is 2.26. The fraction of sp³-hybridized carbons (Fsp3) is 0.286. The molecule has 0 saturated heterocycles. The van der Waals surface area contributed by atoms with Gasteiger partial charge in [0.1, 0.15) is 5.75 Å². The lowest BCUT2D eigenvalue weighted by Gasteiger charge is -2.10. The SMILES string of the molecule is CCOC(=O)c1ccc(NC(=O)COC(=O)c2ccc(OC(C)C)cc2)cc1. The molecule has 0 aliphatic heterocycles. The van der Waals surface area contributed by atoms with Gasteiger partial charge in [-0.2, -0.15) is 0 Å². The van der Waals surface area contributed by atoms with Gasteiger partial charge in [0.05, 0.1) is 23.8 Å². The number of anilines is 1. The Balaban J connectivity index is 1.83. The zero-order valence-electron chi connectivity index (χ0n) is 16.1. The highest BCUT2D eigenvalue weighted by atomic mass is 16.5. The van der Waals surface area contributed by atoms with Crippen molar-refractivity contribution < 1.29 is 28.6 Å². The molecule has 2 rings (SSSR count). The average molecular weight is 385 g/mol. The second-order valence-electron chi connectivity index (χ2n) is 6.11. The van der Waals surface area contributed by atoms with Crippen LogP contribution in [-0.4, -0.2) is 37.2 Å². The lowest BCUT2D eigenvalue weighted by Crippen LogP contribution is -2.21. The predicted molar refractivity (Wildman–Crippen MR) is 104 cm³/mol. The molecule has 0 saturated carbocycles. The zero-order valence-corrected chi connectivity index (χ0v) is 16.1. The summed E-state index contributed by atoms with van der Waals surface area (Å²) in [4.78, 5) is 35.6. The molecular formula is C21H23NO6. The Morgan fingerprint density at radius 3 is 1.93 bits per heavy atom. The summed E-state index contributed by atoms with van der Waals surface area (Å²) in [5, 5.41) is 2.59. The van der Waals surface area contributed by atoms with E-state index in [1.807, 2.05) is 13.8 Å². The first kappa shape index (κ1) is 21.0. The van der Waals surface area contributed by atoms with E-state index in [0.717, 1.165) is 0 Å². The average Bonchev–Trinajstić information content (AvgIpc) is 2.67. The third-order valence-corrected chi connectivity index (χ3v) is 3.48. The van der Waals surface area contributed by atoms with E-state index in [4.69, 9.17) is 14.2 Å². The number of esters is 2. The minimum Gasteiger partial charge on any atom is -0.491 e. The molecule has 0 radical (unpaired) electrons. The van der Waals surface area contributed by atoms with Gasteiger partial charge in [-0.05, 0) is 69.3 Å². The molecule has 1 amide bonds. The highest BCUT2D eigenvalue weighted by molar-refractivity contribution is 5.96. The molecule has 2 aromatic carbocycles. The Hall–Kier alpha value is -3.35. The molecule has 7 nitrogen and oxygen atoms in total. The summed E-state index contributed by atoms with van der Waals surface area (Å²) in [6.45, 7) is 5.40. The minimum atomic E-state index is -0.607. The number of carbonyl (C=O) groups is 3. The Labute approximate surface area is 163 Å². The Morgan fingerprint density at radius 2 is 1.39 bits per heavy atom. The largest absolute Gasteiger partial charge is 0.491 e. The summed E-state index contributed by atoms with van der Waals surface area (Å²) in [6, 6.07) is 12.7. The molecule has 28 heavy (non-hydrogen) atoms. The maximum atomic E-state index is 12.0. The van der Waals surface area contributed by atoms with E-state index in [-0.39, 0.29) is 12.7 Å². The summed E-state index contributed by atoms with van der Waals surface area (Å²) in [7, 11) is 0. The Morgan fingerprint density at radius 1 is 0.857 bits per heavy atom. The van der Waals surface area contributed by atoms with Crippen LogP contribution in [0.15, 0.2) is 48.5 Å². The van der Waals surface area contributed by atoms with Crippen LogP contribution in [0.4, 0.5) is 5.69 Å². The summed E-state index contributed by atoms with van der Waals surface area (Å²) < 4.78 is 15.4. The van der Waals surface area contributed by atoms with Gasteiger partial charge in [0.2, 0.25) is 0 Å². The second kappa shape index (κ2) is 10.1. The van der Waals surface area contributed by atoms with Gasteiger partial charge in [0, 0.05) is 5.69 Å². The normalized spacial score (nSPS) is 10.3. The van der Waals surface area contributed by atoms with Crippen molar-refractivity contribution in [1.29, 1.82) is 0 Å². The van der Waals surface area contributed by atoms with E-state index in [1.54, 1.807) is 55.5 Å². The van der Waals surface area contributed by atoms with Gasteiger partial charge in [0.15, 0.2) is 6.61 Å². The number of nitrogens with one attached hydrogen (secondary N) is 1. The molecule has 1 N–H and O–H groups in total. The van der Waals surface area contributed by atoms with E-state index in [0.29, 0.717) is 22.6 Å². The maximum absolute atomic E-state index is 12.0. The minimum absolute atomic E-state index is 0.0351. The molecular weight excluding hydrogens is 362 g/mol.